The van der Waals surface area contributed by atoms with Gasteiger partial charge in [0.1, 0.15) is 0 Å². The van der Waals surface area contributed by atoms with Crippen molar-refractivity contribution >= 4 is 65.4 Å². The van der Waals surface area contributed by atoms with E-state index in [-0.39, 0.29) is 10.8 Å². The first kappa shape index (κ1) is 37.1. The maximum Gasteiger partial charge on any atom is 0.0730 e. The normalized spacial score (nSPS) is 12.6. The molecule has 0 atom stereocenters. The van der Waals surface area contributed by atoms with Crippen molar-refractivity contribution in [2.45, 2.75) is 52.4 Å². The number of hydrogen-bond acceptors (Lipinski definition) is 1. The molecule has 4 heteroatoms. The molecule has 0 spiro atoms. The Kier molecular flexibility index (Phi) is 8.09. The first-order valence-corrected chi connectivity index (χ1v) is 21.5. The molecule has 0 aliphatic rings. The molecule has 0 aliphatic heterocycles. The van der Waals surface area contributed by atoms with Gasteiger partial charge in [0.05, 0.1) is 16.9 Å². The third-order valence-electron chi connectivity index (χ3n) is 13.2. The lowest BCUT2D eigenvalue weighted by atomic mass is 9.83. The second-order valence-corrected chi connectivity index (χ2v) is 19.2. The van der Waals surface area contributed by atoms with Gasteiger partial charge in [-0.25, -0.2) is 4.98 Å². The van der Waals surface area contributed by atoms with Gasteiger partial charge >= 0.3 is 0 Å². The fourth-order valence-electron chi connectivity index (χ4n) is 9.65. The smallest absolute Gasteiger partial charge is 0.0730 e. The third-order valence-corrected chi connectivity index (χ3v) is 13.2. The van der Waals surface area contributed by atoms with E-state index < -0.39 is 0 Å². The molecule has 0 saturated carbocycles. The average molecular weight is 791 g/mol. The summed E-state index contributed by atoms with van der Waals surface area (Å²) in [6.45, 7) is 13.8. The zero-order valence-electron chi connectivity index (χ0n) is 36.3. The second-order valence-electron chi connectivity index (χ2n) is 19.2. The van der Waals surface area contributed by atoms with Crippen LogP contribution in [-0.4, -0.2) is 19.1 Å². The highest BCUT2D eigenvalue weighted by molar-refractivity contribution is 6.13. The lowest BCUT2D eigenvalue weighted by Crippen LogP contribution is -2.11. The predicted octanol–water partition coefficient (Wildman–Crippen LogP) is 15.3. The predicted molar refractivity (Wildman–Crippen MR) is 261 cm³/mol. The molecule has 61 heavy (non-hydrogen) atoms. The molecule has 0 bridgehead atoms. The minimum atomic E-state index is -0.0502. The minimum Gasteiger partial charge on any atom is -0.354 e. The number of nitrogens with zero attached hydrogens (tertiary/aromatic N) is 3. The number of H-pyrrole nitrogens is 1. The van der Waals surface area contributed by atoms with Crippen LogP contribution in [-0.2, 0) is 24.9 Å². The monoisotopic (exact) mass is 790 g/mol. The molecule has 0 unspecified atom stereocenters. The van der Waals surface area contributed by atoms with Crippen LogP contribution in [0.1, 0.15) is 52.7 Å². The van der Waals surface area contributed by atoms with Crippen molar-refractivity contribution in [3.63, 3.8) is 0 Å². The number of benzene rings is 7. The summed E-state index contributed by atoms with van der Waals surface area (Å²) >= 11 is 0. The van der Waals surface area contributed by atoms with Gasteiger partial charge in [0.15, 0.2) is 0 Å². The first-order valence-electron chi connectivity index (χ1n) is 21.5. The summed E-state index contributed by atoms with van der Waals surface area (Å²) in [5.74, 6) is 0. The molecule has 7 aromatic carbocycles. The van der Waals surface area contributed by atoms with Crippen LogP contribution in [0.4, 0.5) is 0 Å². The van der Waals surface area contributed by atoms with E-state index in [1.54, 1.807) is 0 Å². The Morgan fingerprint density at radius 3 is 1.51 bits per heavy atom. The summed E-state index contributed by atoms with van der Waals surface area (Å²) in [6.07, 6.45) is 0. The van der Waals surface area contributed by atoms with E-state index in [1.165, 1.54) is 76.6 Å². The van der Waals surface area contributed by atoms with Gasteiger partial charge in [0, 0.05) is 85.1 Å². The van der Waals surface area contributed by atoms with Gasteiger partial charge in [-0.05, 0) is 135 Å². The van der Waals surface area contributed by atoms with Gasteiger partial charge < -0.3 is 14.1 Å². The molecule has 298 valence electrons. The first-order chi connectivity index (χ1) is 29.3. The molecule has 0 saturated heterocycles. The summed E-state index contributed by atoms with van der Waals surface area (Å²) in [7, 11) is 4.32. The van der Waals surface area contributed by atoms with Crippen LogP contribution in [0.3, 0.4) is 0 Å². The Hall–Kier alpha value is -6.91. The van der Waals surface area contributed by atoms with Crippen molar-refractivity contribution in [1.82, 2.24) is 19.1 Å². The SMILES string of the molecule is Cn1c2ccccc2c2cc(-c3cc(-c4ccc5c(c4)c4ccccc4n5C)cc(-c4cccc(-c5cc(C(C)(C)C)cc6c5[nH]c5ccc(C(C)(C)C)cc56)n4)c3)ccc21. The number of aryl methyl sites for hydroxylation is 2. The number of rotatable bonds is 4. The highest BCUT2D eigenvalue weighted by Crippen LogP contribution is 2.41. The molecule has 11 rings (SSSR count). The number of fused-ring (bicyclic) bond motifs is 9. The van der Waals surface area contributed by atoms with Crippen LogP contribution >= 0.6 is 0 Å². The molecule has 1 N–H and O–H groups in total. The molecule has 4 nitrogen and oxygen atoms in total. The van der Waals surface area contributed by atoms with E-state index in [2.05, 4.69) is 221 Å². The summed E-state index contributed by atoms with van der Waals surface area (Å²) in [6, 6.07) is 56.4. The van der Waals surface area contributed by atoms with Crippen molar-refractivity contribution in [2.24, 2.45) is 14.1 Å². The van der Waals surface area contributed by atoms with Crippen LogP contribution in [0.2, 0.25) is 0 Å². The van der Waals surface area contributed by atoms with Gasteiger partial charge in [-0.1, -0.05) is 102 Å². The van der Waals surface area contributed by atoms with Gasteiger partial charge in [-0.3, -0.25) is 0 Å². The van der Waals surface area contributed by atoms with Crippen LogP contribution in [0.5, 0.6) is 0 Å². The highest BCUT2D eigenvalue weighted by Gasteiger charge is 2.22. The summed E-state index contributed by atoms with van der Waals surface area (Å²) in [4.78, 5) is 9.38. The molecule has 0 radical (unpaired) electrons. The minimum absolute atomic E-state index is 0.0484. The largest absolute Gasteiger partial charge is 0.354 e. The lowest BCUT2D eigenvalue weighted by Gasteiger charge is -2.21. The van der Waals surface area contributed by atoms with Crippen molar-refractivity contribution in [3.05, 3.63) is 163 Å². The van der Waals surface area contributed by atoms with Crippen LogP contribution in [0.25, 0.3) is 110 Å². The highest BCUT2D eigenvalue weighted by atomic mass is 14.9. The van der Waals surface area contributed by atoms with Crippen molar-refractivity contribution in [3.8, 4) is 44.8 Å². The molecule has 4 heterocycles. The van der Waals surface area contributed by atoms with Gasteiger partial charge in [-0.2, -0.15) is 0 Å². The number of hydrogen-bond donors (Lipinski definition) is 1. The van der Waals surface area contributed by atoms with E-state index in [0.717, 1.165) is 44.7 Å². The van der Waals surface area contributed by atoms with Crippen molar-refractivity contribution < 1.29 is 0 Å². The molecular formula is C57H50N4. The van der Waals surface area contributed by atoms with Gasteiger partial charge in [0.25, 0.3) is 0 Å². The number of aromatic nitrogens is 4. The molecule has 0 fully saturated rings. The van der Waals surface area contributed by atoms with E-state index in [1.807, 2.05) is 0 Å². The topological polar surface area (TPSA) is 38.5 Å². The quantitative estimate of drug-likeness (QED) is 0.189. The van der Waals surface area contributed by atoms with Crippen LogP contribution in [0, 0.1) is 0 Å². The standard InChI is InChI=1S/C57H50N4/c1-56(2,3)39-22-23-50-43(31-39)46-32-40(57(4,5)6)33-47(55(46)59-50)49-17-13-16-48(58-49)38-27-36(34-20-24-53-44(29-34)41-14-9-11-18-51(41)60(53)7)26-37(28-38)35-21-25-54-45(30-35)42-15-10-12-19-52(42)61(54)8/h9-33,59H,1-8H3. The number of aromatic amines is 1. The van der Waals surface area contributed by atoms with E-state index >= 15 is 0 Å². The molecular weight excluding hydrogens is 741 g/mol. The Morgan fingerprint density at radius 2 is 0.918 bits per heavy atom. The summed E-state index contributed by atoms with van der Waals surface area (Å²) in [5.41, 5.74) is 18.6. The maximum absolute atomic E-state index is 5.54. The second kappa shape index (κ2) is 13.3. The summed E-state index contributed by atoms with van der Waals surface area (Å²) in [5, 5.41) is 7.56. The van der Waals surface area contributed by atoms with Crippen LogP contribution in [0.15, 0.2) is 152 Å². The zero-order chi connectivity index (χ0) is 41.9. The number of pyridine rings is 1. The molecule has 4 aromatic heterocycles. The summed E-state index contributed by atoms with van der Waals surface area (Å²) < 4.78 is 4.60. The Labute approximate surface area is 357 Å². The Morgan fingerprint density at radius 1 is 0.393 bits per heavy atom. The number of nitrogens with one attached hydrogen (secondary N) is 1. The van der Waals surface area contributed by atoms with E-state index in [4.69, 9.17) is 4.98 Å². The fourth-order valence-corrected chi connectivity index (χ4v) is 9.65. The molecule has 0 aliphatic carbocycles. The van der Waals surface area contributed by atoms with Gasteiger partial charge in [-0.15, -0.1) is 0 Å². The van der Waals surface area contributed by atoms with Crippen LogP contribution < -0.4 is 0 Å². The third kappa shape index (κ3) is 5.99. The lowest BCUT2D eigenvalue weighted by molar-refractivity contribution is 0.590. The fraction of sp³-hybridized carbons (Fsp3) is 0.175. The Balaban J connectivity index is 1.12. The van der Waals surface area contributed by atoms with Crippen molar-refractivity contribution in [2.75, 3.05) is 0 Å². The maximum atomic E-state index is 5.54. The van der Waals surface area contributed by atoms with E-state index in [9.17, 15) is 0 Å². The number of para-hydroxylation sites is 2. The van der Waals surface area contributed by atoms with Gasteiger partial charge in [0.2, 0.25) is 0 Å². The van der Waals surface area contributed by atoms with E-state index in [0.29, 0.717) is 0 Å². The average Bonchev–Trinajstić information content (AvgIpc) is 3.88. The molecule has 0 amide bonds. The van der Waals surface area contributed by atoms with Crippen molar-refractivity contribution in [1.29, 1.82) is 0 Å². The molecule has 11 aromatic rings. The zero-order valence-corrected chi connectivity index (χ0v) is 36.3. The Bertz CT molecular complexity index is 3440.